The van der Waals surface area contributed by atoms with Crippen molar-refractivity contribution in [1.29, 1.82) is 0 Å². The molecule has 0 atom stereocenters. The van der Waals surface area contributed by atoms with Gasteiger partial charge in [0.15, 0.2) is 5.96 Å². The highest BCUT2D eigenvalue weighted by molar-refractivity contribution is 7.91. The van der Waals surface area contributed by atoms with Crippen molar-refractivity contribution >= 4 is 27.3 Å². The van der Waals surface area contributed by atoms with Gasteiger partial charge in [0.1, 0.15) is 4.21 Å². The SMILES string of the molecule is CN=C(NCc1ccc(C(F)(F)F)cc1)NCc1ccc(S(N)(=O)=O)s1. The average Bonchev–Trinajstić information content (AvgIpc) is 3.04. The number of hydrogen-bond donors (Lipinski definition) is 3. The first-order valence-corrected chi connectivity index (χ1v) is 9.68. The van der Waals surface area contributed by atoms with Gasteiger partial charge in [-0.25, -0.2) is 13.6 Å². The number of nitrogens with zero attached hydrogens (tertiary/aromatic N) is 1. The molecule has 0 unspecified atom stereocenters. The molecule has 0 aliphatic heterocycles. The minimum absolute atomic E-state index is 0.0713. The number of nitrogens with two attached hydrogens (primary N) is 1. The molecular weight excluding hydrogens is 389 g/mol. The fraction of sp³-hybridized carbons (Fsp3) is 0.267. The monoisotopic (exact) mass is 406 g/mol. The molecule has 4 N–H and O–H groups in total. The Balaban J connectivity index is 1.89. The van der Waals surface area contributed by atoms with E-state index < -0.39 is 21.8 Å². The second-order valence-electron chi connectivity index (χ2n) is 5.24. The van der Waals surface area contributed by atoms with Crippen LogP contribution in [0.25, 0.3) is 0 Å². The Morgan fingerprint density at radius 2 is 1.73 bits per heavy atom. The second-order valence-corrected chi connectivity index (χ2v) is 8.20. The molecule has 0 aliphatic rings. The Hall–Kier alpha value is -2.11. The van der Waals surface area contributed by atoms with Crippen LogP contribution in [-0.4, -0.2) is 21.4 Å². The zero-order valence-corrected chi connectivity index (χ0v) is 15.3. The molecular formula is C15H17F3N4O2S2. The van der Waals surface area contributed by atoms with Crippen LogP contribution in [0.5, 0.6) is 0 Å². The standard InChI is InChI=1S/C15H17F3N4O2S2/c1-20-14(22-9-12-6-7-13(25-12)26(19,23)24)21-8-10-2-4-11(5-3-10)15(16,17)18/h2-7H,8-9H2,1H3,(H2,19,23,24)(H2,20,21,22). The summed E-state index contributed by atoms with van der Waals surface area (Å²) in [7, 11) is -2.17. The number of sulfonamides is 1. The van der Waals surface area contributed by atoms with E-state index in [1.807, 2.05) is 0 Å². The summed E-state index contributed by atoms with van der Waals surface area (Å²) in [6.45, 7) is 0.609. The number of primary sulfonamides is 1. The third-order valence-electron chi connectivity index (χ3n) is 3.31. The third-order valence-corrected chi connectivity index (χ3v) is 5.84. The summed E-state index contributed by atoms with van der Waals surface area (Å²) < 4.78 is 60.2. The number of benzene rings is 1. The van der Waals surface area contributed by atoms with Gasteiger partial charge in [-0.2, -0.15) is 13.2 Å². The molecule has 1 aromatic heterocycles. The first-order chi connectivity index (χ1) is 12.1. The molecule has 2 rings (SSSR count). The van der Waals surface area contributed by atoms with Crippen molar-refractivity contribution in [2.75, 3.05) is 7.05 Å². The number of aliphatic imine (C=N–C) groups is 1. The van der Waals surface area contributed by atoms with Crippen LogP contribution in [-0.2, 0) is 29.3 Å². The maximum absolute atomic E-state index is 12.5. The highest BCUT2D eigenvalue weighted by Crippen LogP contribution is 2.29. The van der Waals surface area contributed by atoms with Crippen molar-refractivity contribution in [3.63, 3.8) is 0 Å². The fourth-order valence-electron chi connectivity index (χ4n) is 1.99. The van der Waals surface area contributed by atoms with Crippen LogP contribution in [0.15, 0.2) is 45.6 Å². The van der Waals surface area contributed by atoms with Gasteiger partial charge in [-0.05, 0) is 29.8 Å². The van der Waals surface area contributed by atoms with Gasteiger partial charge in [-0.1, -0.05) is 12.1 Å². The van der Waals surface area contributed by atoms with Crippen LogP contribution in [0.2, 0.25) is 0 Å². The Labute approximate surface area is 153 Å². The molecule has 11 heteroatoms. The van der Waals surface area contributed by atoms with Crippen LogP contribution in [0.3, 0.4) is 0 Å². The first-order valence-electron chi connectivity index (χ1n) is 7.32. The number of halogens is 3. The molecule has 0 amide bonds. The zero-order chi connectivity index (χ0) is 19.4. The number of alkyl halides is 3. The molecule has 0 saturated carbocycles. The zero-order valence-electron chi connectivity index (χ0n) is 13.7. The molecule has 1 aromatic carbocycles. The molecule has 26 heavy (non-hydrogen) atoms. The summed E-state index contributed by atoms with van der Waals surface area (Å²) in [5.41, 5.74) is -0.0410. The van der Waals surface area contributed by atoms with Crippen molar-refractivity contribution in [3.05, 3.63) is 52.4 Å². The van der Waals surface area contributed by atoms with E-state index in [9.17, 15) is 21.6 Å². The molecule has 0 saturated heterocycles. The number of rotatable bonds is 5. The highest BCUT2D eigenvalue weighted by Gasteiger charge is 2.29. The van der Waals surface area contributed by atoms with Gasteiger partial charge < -0.3 is 10.6 Å². The summed E-state index contributed by atoms with van der Waals surface area (Å²) in [5, 5.41) is 11.0. The third kappa shape index (κ3) is 5.71. The van der Waals surface area contributed by atoms with Gasteiger partial charge in [0.2, 0.25) is 10.0 Å². The predicted octanol–water partition coefficient (Wildman–Crippen LogP) is 2.28. The van der Waals surface area contributed by atoms with Crippen LogP contribution < -0.4 is 15.8 Å². The Morgan fingerprint density at radius 3 is 2.23 bits per heavy atom. The summed E-state index contributed by atoms with van der Waals surface area (Å²) >= 11 is 1.05. The topological polar surface area (TPSA) is 96.6 Å². The molecule has 0 fully saturated rings. The van der Waals surface area contributed by atoms with Crippen LogP contribution in [0, 0.1) is 0 Å². The minimum Gasteiger partial charge on any atom is -0.352 e. The van der Waals surface area contributed by atoms with Crippen molar-refractivity contribution in [2.24, 2.45) is 10.1 Å². The Kier molecular flexibility index (Phi) is 6.26. The lowest BCUT2D eigenvalue weighted by Gasteiger charge is -2.12. The van der Waals surface area contributed by atoms with Crippen molar-refractivity contribution in [2.45, 2.75) is 23.5 Å². The van der Waals surface area contributed by atoms with Gasteiger partial charge in [-0.3, -0.25) is 4.99 Å². The molecule has 1 heterocycles. The number of guanidine groups is 1. The van der Waals surface area contributed by atoms with E-state index in [1.165, 1.54) is 18.2 Å². The Bertz CT molecular complexity index is 875. The van der Waals surface area contributed by atoms with Crippen LogP contribution in [0.4, 0.5) is 13.2 Å². The molecule has 0 spiro atoms. The second kappa shape index (κ2) is 8.06. The van der Waals surface area contributed by atoms with Crippen molar-refractivity contribution in [1.82, 2.24) is 10.6 Å². The molecule has 0 bridgehead atoms. The lowest BCUT2D eigenvalue weighted by molar-refractivity contribution is -0.137. The van der Waals surface area contributed by atoms with E-state index in [0.717, 1.165) is 28.3 Å². The molecule has 142 valence electrons. The number of hydrogen-bond acceptors (Lipinski definition) is 4. The molecule has 0 radical (unpaired) electrons. The smallest absolute Gasteiger partial charge is 0.352 e. The normalized spacial score (nSPS) is 12.9. The van der Waals surface area contributed by atoms with E-state index in [1.54, 1.807) is 13.1 Å². The van der Waals surface area contributed by atoms with E-state index in [0.29, 0.717) is 18.1 Å². The summed E-state index contributed by atoms with van der Waals surface area (Å²) in [6, 6.07) is 7.89. The maximum atomic E-state index is 12.5. The van der Waals surface area contributed by atoms with Crippen molar-refractivity contribution < 1.29 is 21.6 Å². The van der Waals surface area contributed by atoms with E-state index in [4.69, 9.17) is 5.14 Å². The first kappa shape index (κ1) is 20.2. The maximum Gasteiger partial charge on any atom is 0.416 e. The molecule has 6 nitrogen and oxygen atoms in total. The van der Waals surface area contributed by atoms with E-state index >= 15 is 0 Å². The van der Waals surface area contributed by atoms with E-state index in [2.05, 4.69) is 15.6 Å². The minimum atomic E-state index is -4.36. The lowest BCUT2D eigenvalue weighted by Crippen LogP contribution is -2.36. The Morgan fingerprint density at radius 1 is 1.12 bits per heavy atom. The number of nitrogens with one attached hydrogen (secondary N) is 2. The average molecular weight is 406 g/mol. The van der Waals surface area contributed by atoms with Crippen LogP contribution >= 0.6 is 11.3 Å². The van der Waals surface area contributed by atoms with Gasteiger partial charge in [-0.15, -0.1) is 11.3 Å². The van der Waals surface area contributed by atoms with Gasteiger partial charge in [0, 0.05) is 18.5 Å². The predicted molar refractivity (Wildman–Crippen MR) is 94.2 cm³/mol. The number of thiophene rings is 1. The summed E-state index contributed by atoms with van der Waals surface area (Å²) in [5.74, 6) is 0.426. The molecule has 0 aliphatic carbocycles. The molecule has 2 aromatic rings. The fourth-order valence-corrected chi connectivity index (χ4v) is 3.71. The van der Waals surface area contributed by atoms with Gasteiger partial charge in [0.25, 0.3) is 0 Å². The van der Waals surface area contributed by atoms with E-state index in [-0.39, 0.29) is 10.8 Å². The summed E-state index contributed by atoms with van der Waals surface area (Å²) in [4.78, 5) is 4.75. The highest BCUT2D eigenvalue weighted by atomic mass is 32.2. The van der Waals surface area contributed by atoms with Gasteiger partial charge >= 0.3 is 6.18 Å². The quantitative estimate of drug-likeness (QED) is 0.524. The van der Waals surface area contributed by atoms with Gasteiger partial charge in [0.05, 0.1) is 12.1 Å². The van der Waals surface area contributed by atoms with Crippen LogP contribution in [0.1, 0.15) is 16.0 Å². The lowest BCUT2D eigenvalue weighted by atomic mass is 10.1. The largest absolute Gasteiger partial charge is 0.416 e. The summed E-state index contributed by atoms with van der Waals surface area (Å²) in [6.07, 6.45) is -4.36. The van der Waals surface area contributed by atoms with Crippen molar-refractivity contribution in [3.8, 4) is 0 Å².